The topological polar surface area (TPSA) is 41.9 Å². The Morgan fingerprint density at radius 1 is 1.46 bits per heavy atom. The maximum absolute atomic E-state index is 11.2. The Labute approximate surface area is 79.6 Å². The fourth-order valence-corrected chi connectivity index (χ4v) is 0.831. The molecular formula is C9H18N2O2. The minimum absolute atomic E-state index is 0.156. The van der Waals surface area contributed by atoms with Gasteiger partial charge in [0.15, 0.2) is 6.04 Å². The molecule has 76 valence electrons. The van der Waals surface area contributed by atoms with Crippen molar-refractivity contribution in [1.82, 2.24) is 4.90 Å². The lowest BCUT2D eigenvalue weighted by Gasteiger charge is -2.14. The van der Waals surface area contributed by atoms with Gasteiger partial charge >= 0.3 is 5.97 Å². The van der Waals surface area contributed by atoms with Crippen LogP contribution < -0.4 is 0 Å². The van der Waals surface area contributed by atoms with Gasteiger partial charge in [0, 0.05) is 14.1 Å². The molecule has 0 aliphatic rings. The molecule has 0 radical (unpaired) electrons. The van der Waals surface area contributed by atoms with E-state index in [0.29, 0.717) is 0 Å². The molecule has 0 aliphatic carbocycles. The number of nitrogens with zero attached hydrogens (tertiary/aromatic N) is 2. The first-order valence-corrected chi connectivity index (χ1v) is 4.26. The zero-order chi connectivity index (χ0) is 10.4. The molecule has 0 N–H and O–H groups in total. The Hall–Kier alpha value is -1.06. The molecule has 0 saturated heterocycles. The van der Waals surface area contributed by atoms with E-state index in [1.165, 1.54) is 7.11 Å². The Bertz CT molecular complexity index is 188. The predicted octanol–water partition coefficient (Wildman–Crippen LogP) is 0.774. The summed E-state index contributed by atoms with van der Waals surface area (Å²) in [6.45, 7) is 3.88. The second kappa shape index (κ2) is 5.56. The van der Waals surface area contributed by atoms with Crippen LogP contribution in [0.2, 0.25) is 0 Å². The van der Waals surface area contributed by atoms with Gasteiger partial charge < -0.3 is 9.64 Å². The molecule has 0 aromatic rings. The second-order valence-corrected chi connectivity index (χ2v) is 3.44. The molecule has 0 aliphatic heterocycles. The standard InChI is InChI=1S/C9H18N2O2/c1-7(2)8(9(12)13-5)10-6-11(3)4/h6-8H,1-5H3/t8-/m0/s1. The van der Waals surface area contributed by atoms with E-state index in [2.05, 4.69) is 9.73 Å². The molecule has 4 heteroatoms. The third-order valence-electron chi connectivity index (χ3n) is 1.53. The molecule has 1 atom stereocenters. The van der Waals surface area contributed by atoms with E-state index in [0.717, 1.165) is 0 Å². The molecular weight excluding hydrogens is 168 g/mol. The summed E-state index contributed by atoms with van der Waals surface area (Å²) in [6.07, 6.45) is 1.63. The second-order valence-electron chi connectivity index (χ2n) is 3.44. The van der Waals surface area contributed by atoms with Gasteiger partial charge in [0.25, 0.3) is 0 Å². The average molecular weight is 186 g/mol. The monoisotopic (exact) mass is 186 g/mol. The lowest BCUT2D eigenvalue weighted by molar-refractivity contribution is -0.143. The number of carbonyl (C=O) groups is 1. The average Bonchev–Trinajstić information content (AvgIpc) is 2.03. The van der Waals surface area contributed by atoms with Crippen molar-refractivity contribution in [2.24, 2.45) is 10.9 Å². The summed E-state index contributed by atoms with van der Waals surface area (Å²) in [7, 11) is 5.10. The van der Waals surface area contributed by atoms with Crippen LogP contribution in [0.1, 0.15) is 13.8 Å². The van der Waals surface area contributed by atoms with Crippen molar-refractivity contribution < 1.29 is 9.53 Å². The molecule has 0 fully saturated rings. The van der Waals surface area contributed by atoms with Crippen LogP contribution in [-0.2, 0) is 9.53 Å². The highest BCUT2D eigenvalue weighted by molar-refractivity contribution is 5.77. The van der Waals surface area contributed by atoms with Gasteiger partial charge in [-0.05, 0) is 5.92 Å². The first-order chi connectivity index (χ1) is 5.99. The third kappa shape index (κ3) is 4.50. The minimum atomic E-state index is -0.396. The van der Waals surface area contributed by atoms with Crippen molar-refractivity contribution in [2.75, 3.05) is 21.2 Å². The van der Waals surface area contributed by atoms with Crippen molar-refractivity contribution in [2.45, 2.75) is 19.9 Å². The quantitative estimate of drug-likeness (QED) is 0.370. The minimum Gasteiger partial charge on any atom is -0.467 e. The largest absolute Gasteiger partial charge is 0.467 e. The number of rotatable bonds is 4. The van der Waals surface area contributed by atoms with E-state index < -0.39 is 6.04 Å². The van der Waals surface area contributed by atoms with E-state index in [1.54, 1.807) is 11.2 Å². The van der Waals surface area contributed by atoms with E-state index in [-0.39, 0.29) is 11.9 Å². The van der Waals surface area contributed by atoms with Gasteiger partial charge in [0.1, 0.15) is 0 Å². The third-order valence-corrected chi connectivity index (χ3v) is 1.53. The normalized spacial score (nSPS) is 13.4. The van der Waals surface area contributed by atoms with Gasteiger partial charge in [0.2, 0.25) is 0 Å². The zero-order valence-electron chi connectivity index (χ0n) is 8.94. The summed E-state index contributed by atoms with van der Waals surface area (Å²) >= 11 is 0. The molecule has 0 spiro atoms. The lowest BCUT2D eigenvalue weighted by Crippen LogP contribution is -2.27. The van der Waals surface area contributed by atoms with Crippen LogP contribution in [0, 0.1) is 5.92 Å². The molecule has 0 heterocycles. The summed E-state index contributed by atoms with van der Waals surface area (Å²) in [5, 5.41) is 0. The van der Waals surface area contributed by atoms with Crippen molar-refractivity contribution in [3.05, 3.63) is 0 Å². The molecule has 0 aromatic heterocycles. The Balaban J connectivity index is 4.35. The smallest absolute Gasteiger partial charge is 0.330 e. The van der Waals surface area contributed by atoms with Gasteiger partial charge in [-0.1, -0.05) is 13.8 Å². The first-order valence-electron chi connectivity index (χ1n) is 4.26. The van der Waals surface area contributed by atoms with Crippen molar-refractivity contribution in [3.63, 3.8) is 0 Å². The lowest BCUT2D eigenvalue weighted by atomic mass is 10.1. The highest BCUT2D eigenvalue weighted by atomic mass is 16.5. The van der Waals surface area contributed by atoms with Crippen LogP contribution >= 0.6 is 0 Å². The number of ether oxygens (including phenoxy) is 1. The van der Waals surface area contributed by atoms with Crippen molar-refractivity contribution in [1.29, 1.82) is 0 Å². The van der Waals surface area contributed by atoms with Crippen molar-refractivity contribution in [3.8, 4) is 0 Å². The summed E-state index contributed by atoms with van der Waals surface area (Å²) in [5.74, 6) is -0.128. The van der Waals surface area contributed by atoms with E-state index in [4.69, 9.17) is 0 Å². The van der Waals surface area contributed by atoms with E-state index >= 15 is 0 Å². The van der Waals surface area contributed by atoms with Gasteiger partial charge in [-0.2, -0.15) is 0 Å². The Kier molecular flexibility index (Phi) is 5.11. The molecule has 0 rings (SSSR count). The summed E-state index contributed by atoms with van der Waals surface area (Å²) in [6, 6.07) is -0.396. The predicted molar refractivity (Wildman–Crippen MR) is 52.8 cm³/mol. The summed E-state index contributed by atoms with van der Waals surface area (Å²) in [4.78, 5) is 17.1. The SMILES string of the molecule is COC(=O)[C@@H](N=CN(C)C)C(C)C. The van der Waals surface area contributed by atoms with Crippen molar-refractivity contribution >= 4 is 12.3 Å². The van der Waals surface area contributed by atoms with Gasteiger partial charge in [-0.15, -0.1) is 0 Å². The fraction of sp³-hybridized carbons (Fsp3) is 0.778. The number of esters is 1. The molecule has 13 heavy (non-hydrogen) atoms. The molecule has 4 nitrogen and oxygen atoms in total. The van der Waals surface area contributed by atoms with Gasteiger partial charge in [0.05, 0.1) is 13.4 Å². The molecule has 0 amide bonds. The number of methoxy groups -OCH3 is 1. The van der Waals surface area contributed by atoms with Crippen LogP contribution in [0.25, 0.3) is 0 Å². The highest BCUT2D eigenvalue weighted by Crippen LogP contribution is 2.07. The van der Waals surface area contributed by atoms with Crippen LogP contribution in [0.3, 0.4) is 0 Å². The summed E-state index contributed by atoms with van der Waals surface area (Å²) in [5.41, 5.74) is 0. The van der Waals surface area contributed by atoms with Gasteiger partial charge in [-0.3, -0.25) is 4.99 Å². The Morgan fingerprint density at radius 3 is 2.31 bits per heavy atom. The van der Waals surface area contributed by atoms with Crippen LogP contribution in [0.15, 0.2) is 4.99 Å². The maximum Gasteiger partial charge on any atom is 0.330 e. The fourth-order valence-electron chi connectivity index (χ4n) is 0.831. The number of hydrogen-bond donors (Lipinski definition) is 0. The van der Waals surface area contributed by atoms with E-state index in [9.17, 15) is 4.79 Å². The molecule has 0 saturated carbocycles. The zero-order valence-corrected chi connectivity index (χ0v) is 8.94. The maximum atomic E-state index is 11.2. The summed E-state index contributed by atoms with van der Waals surface area (Å²) < 4.78 is 4.63. The Morgan fingerprint density at radius 2 is 2.00 bits per heavy atom. The van der Waals surface area contributed by atoms with Gasteiger partial charge in [-0.25, -0.2) is 4.79 Å². The molecule has 0 aromatic carbocycles. The number of aliphatic imine (C=N–C) groups is 1. The highest BCUT2D eigenvalue weighted by Gasteiger charge is 2.21. The van der Waals surface area contributed by atoms with Crippen LogP contribution in [0.5, 0.6) is 0 Å². The molecule has 0 bridgehead atoms. The number of hydrogen-bond acceptors (Lipinski definition) is 3. The molecule has 0 unspecified atom stereocenters. The van der Waals surface area contributed by atoms with Crippen LogP contribution in [0.4, 0.5) is 0 Å². The number of carbonyl (C=O) groups excluding carboxylic acids is 1. The first kappa shape index (κ1) is 11.9. The van der Waals surface area contributed by atoms with Crippen LogP contribution in [-0.4, -0.2) is 44.5 Å². The van der Waals surface area contributed by atoms with E-state index in [1.807, 2.05) is 27.9 Å².